The van der Waals surface area contributed by atoms with Gasteiger partial charge < -0.3 is 20.1 Å². The van der Waals surface area contributed by atoms with Crippen molar-refractivity contribution in [3.63, 3.8) is 0 Å². The van der Waals surface area contributed by atoms with Crippen LogP contribution in [-0.2, 0) is 27.4 Å². The number of ether oxygens (including phenoxy) is 1. The highest BCUT2D eigenvalue weighted by atomic mass is 16.5. The average Bonchev–Trinajstić information content (AvgIpc) is 2.88. The normalized spacial score (nSPS) is 19.1. The number of alkyl carbamates (subject to hydrolysis) is 1. The van der Waals surface area contributed by atoms with Gasteiger partial charge in [0.25, 0.3) is 0 Å². The number of hydrogen-bond acceptors (Lipinski definition) is 4. The number of nitrogens with zero attached hydrogens (tertiary/aromatic N) is 1. The molecular formula is C23H26N2O5. The molecule has 1 aliphatic rings. The number of rotatable bonds is 7. The molecule has 0 bridgehead atoms. The van der Waals surface area contributed by atoms with Gasteiger partial charge in [0.15, 0.2) is 0 Å². The molecule has 2 aromatic carbocycles. The summed E-state index contributed by atoms with van der Waals surface area (Å²) in [6, 6.07) is 18.7. The second-order valence-corrected chi connectivity index (χ2v) is 7.51. The van der Waals surface area contributed by atoms with E-state index >= 15 is 0 Å². The smallest absolute Gasteiger partial charge is 0.408 e. The van der Waals surface area contributed by atoms with Crippen molar-refractivity contribution >= 4 is 18.0 Å². The lowest BCUT2D eigenvalue weighted by atomic mass is 9.85. The molecule has 30 heavy (non-hydrogen) atoms. The zero-order valence-electron chi connectivity index (χ0n) is 16.8. The van der Waals surface area contributed by atoms with Gasteiger partial charge in [0.05, 0.1) is 0 Å². The summed E-state index contributed by atoms with van der Waals surface area (Å²) in [4.78, 5) is 38.6. The molecule has 0 spiro atoms. The van der Waals surface area contributed by atoms with Gasteiger partial charge in [0.1, 0.15) is 18.7 Å². The Hall–Kier alpha value is -3.35. The van der Waals surface area contributed by atoms with Gasteiger partial charge in [-0.05, 0) is 30.4 Å². The van der Waals surface area contributed by atoms with Gasteiger partial charge in [-0.15, -0.1) is 0 Å². The van der Waals surface area contributed by atoms with Gasteiger partial charge in [-0.2, -0.15) is 0 Å². The van der Waals surface area contributed by atoms with E-state index in [0.29, 0.717) is 25.8 Å². The lowest BCUT2D eigenvalue weighted by molar-refractivity contribution is -0.147. The fourth-order valence-electron chi connectivity index (χ4n) is 3.78. The average molecular weight is 410 g/mol. The lowest BCUT2D eigenvalue weighted by Crippen LogP contribution is -2.60. The molecule has 1 saturated heterocycles. The van der Waals surface area contributed by atoms with E-state index in [1.54, 1.807) is 0 Å². The van der Waals surface area contributed by atoms with Gasteiger partial charge >= 0.3 is 12.1 Å². The van der Waals surface area contributed by atoms with Crippen LogP contribution in [0.5, 0.6) is 0 Å². The topological polar surface area (TPSA) is 95.9 Å². The SMILES string of the molecule is O=C(O)CN1CCCCC(Cc2ccccc2)(NC(=O)OCc2ccccc2)C1=O. The van der Waals surface area contributed by atoms with Crippen LogP contribution in [0.2, 0.25) is 0 Å². The van der Waals surface area contributed by atoms with Gasteiger partial charge in [-0.3, -0.25) is 9.59 Å². The molecule has 2 aromatic rings. The van der Waals surface area contributed by atoms with Gasteiger partial charge in [-0.1, -0.05) is 60.7 Å². The first-order chi connectivity index (χ1) is 14.5. The Labute approximate surface area is 175 Å². The van der Waals surface area contributed by atoms with Crippen LogP contribution < -0.4 is 5.32 Å². The Morgan fingerprint density at radius 1 is 1.00 bits per heavy atom. The first-order valence-corrected chi connectivity index (χ1v) is 10.0. The van der Waals surface area contributed by atoms with E-state index in [0.717, 1.165) is 11.1 Å². The maximum Gasteiger partial charge on any atom is 0.408 e. The van der Waals surface area contributed by atoms with Crippen LogP contribution >= 0.6 is 0 Å². The highest BCUT2D eigenvalue weighted by Crippen LogP contribution is 2.27. The van der Waals surface area contributed by atoms with Crippen molar-refractivity contribution in [2.75, 3.05) is 13.1 Å². The number of carboxylic acids is 1. The van der Waals surface area contributed by atoms with Crippen LogP contribution in [0.3, 0.4) is 0 Å². The Kier molecular flexibility index (Phi) is 7.06. The number of carboxylic acid groups (broad SMARTS) is 1. The number of likely N-dealkylation sites (tertiary alicyclic amines) is 1. The third kappa shape index (κ3) is 5.59. The van der Waals surface area contributed by atoms with E-state index in [-0.39, 0.29) is 18.9 Å². The number of nitrogens with one attached hydrogen (secondary N) is 1. The molecule has 1 heterocycles. The summed E-state index contributed by atoms with van der Waals surface area (Å²) in [5.74, 6) is -1.46. The Morgan fingerprint density at radius 3 is 2.27 bits per heavy atom. The molecule has 0 aromatic heterocycles. The van der Waals surface area contributed by atoms with Crippen molar-refractivity contribution in [1.29, 1.82) is 0 Å². The first-order valence-electron chi connectivity index (χ1n) is 10.0. The number of hydrogen-bond donors (Lipinski definition) is 2. The van der Waals surface area contributed by atoms with E-state index < -0.39 is 24.1 Å². The molecule has 2 N–H and O–H groups in total. The summed E-state index contributed by atoms with van der Waals surface area (Å²) in [5, 5.41) is 12.0. The zero-order chi connectivity index (χ0) is 21.4. The third-order valence-electron chi connectivity index (χ3n) is 5.21. The number of aliphatic carboxylic acids is 1. The Balaban J connectivity index is 1.81. The second-order valence-electron chi connectivity index (χ2n) is 7.51. The summed E-state index contributed by atoms with van der Waals surface area (Å²) in [5.41, 5.74) is 0.469. The van der Waals surface area contributed by atoms with Crippen LogP contribution in [-0.4, -0.2) is 46.6 Å². The lowest BCUT2D eigenvalue weighted by Gasteiger charge is -2.35. The standard InChI is InChI=1S/C23H26N2O5/c26-20(27)16-25-14-8-7-13-23(21(25)28,15-18-9-3-1-4-10-18)24-22(29)30-17-19-11-5-2-6-12-19/h1-6,9-12H,7-8,13-17H2,(H,24,29)(H,26,27). The fourth-order valence-corrected chi connectivity index (χ4v) is 3.78. The quantitative estimate of drug-likeness (QED) is 0.732. The maximum absolute atomic E-state index is 13.4. The molecule has 0 saturated carbocycles. The number of carbonyl (C=O) groups excluding carboxylic acids is 2. The molecular weight excluding hydrogens is 384 g/mol. The van der Waals surface area contributed by atoms with Crippen molar-refractivity contribution in [2.24, 2.45) is 0 Å². The molecule has 1 fully saturated rings. The van der Waals surface area contributed by atoms with E-state index in [9.17, 15) is 19.5 Å². The molecule has 1 aliphatic heterocycles. The first kappa shape index (κ1) is 21.4. The summed E-state index contributed by atoms with van der Waals surface area (Å²) in [6.07, 6.45) is 1.35. The Morgan fingerprint density at radius 2 is 1.63 bits per heavy atom. The summed E-state index contributed by atoms with van der Waals surface area (Å²) in [6.45, 7) is 0.0413. The van der Waals surface area contributed by atoms with Crippen LogP contribution in [0.4, 0.5) is 4.79 Å². The van der Waals surface area contributed by atoms with Gasteiger partial charge in [0.2, 0.25) is 5.91 Å². The largest absolute Gasteiger partial charge is 0.480 e. The van der Waals surface area contributed by atoms with Crippen LogP contribution in [0.1, 0.15) is 30.4 Å². The van der Waals surface area contributed by atoms with E-state index in [4.69, 9.17) is 4.74 Å². The van der Waals surface area contributed by atoms with Crippen molar-refractivity contribution in [3.8, 4) is 0 Å². The maximum atomic E-state index is 13.4. The molecule has 2 amide bonds. The van der Waals surface area contributed by atoms with E-state index in [1.165, 1.54) is 4.90 Å². The summed E-state index contributed by atoms with van der Waals surface area (Å²) >= 11 is 0. The molecule has 7 nitrogen and oxygen atoms in total. The van der Waals surface area contributed by atoms with Gasteiger partial charge in [-0.25, -0.2) is 4.79 Å². The van der Waals surface area contributed by atoms with Gasteiger partial charge in [0, 0.05) is 13.0 Å². The van der Waals surface area contributed by atoms with E-state index in [2.05, 4.69) is 5.32 Å². The predicted molar refractivity (Wildman–Crippen MR) is 111 cm³/mol. The van der Waals surface area contributed by atoms with Crippen molar-refractivity contribution in [3.05, 3.63) is 71.8 Å². The van der Waals surface area contributed by atoms with E-state index in [1.807, 2.05) is 60.7 Å². The number of carbonyl (C=O) groups is 3. The second kappa shape index (κ2) is 9.91. The minimum atomic E-state index is -1.25. The van der Waals surface area contributed by atoms with Crippen molar-refractivity contribution < 1.29 is 24.2 Å². The number of amides is 2. The van der Waals surface area contributed by atoms with Crippen molar-refractivity contribution in [1.82, 2.24) is 10.2 Å². The number of benzene rings is 2. The third-order valence-corrected chi connectivity index (χ3v) is 5.21. The minimum absolute atomic E-state index is 0.0844. The van der Waals surface area contributed by atoms with Crippen LogP contribution in [0.25, 0.3) is 0 Å². The molecule has 1 atom stereocenters. The Bertz CT molecular complexity index is 872. The molecule has 0 radical (unpaired) electrons. The molecule has 158 valence electrons. The van der Waals surface area contributed by atoms with Crippen LogP contribution in [0, 0.1) is 0 Å². The summed E-state index contributed by atoms with van der Waals surface area (Å²) in [7, 11) is 0. The summed E-state index contributed by atoms with van der Waals surface area (Å²) < 4.78 is 5.36. The molecule has 3 rings (SSSR count). The molecule has 1 unspecified atom stereocenters. The highest BCUT2D eigenvalue weighted by Gasteiger charge is 2.44. The monoisotopic (exact) mass is 410 g/mol. The zero-order valence-corrected chi connectivity index (χ0v) is 16.8. The van der Waals surface area contributed by atoms with Crippen molar-refractivity contribution in [2.45, 2.75) is 37.8 Å². The predicted octanol–water partition coefficient (Wildman–Crippen LogP) is 2.99. The van der Waals surface area contributed by atoms with Crippen LogP contribution in [0.15, 0.2) is 60.7 Å². The fraction of sp³-hybridized carbons (Fsp3) is 0.348. The molecule has 7 heteroatoms. The highest BCUT2D eigenvalue weighted by molar-refractivity contribution is 5.92. The molecule has 0 aliphatic carbocycles. The minimum Gasteiger partial charge on any atom is -0.480 e.